The van der Waals surface area contributed by atoms with Gasteiger partial charge < -0.3 is 19.3 Å². The highest BCUT2D eigenvalue weighted by Gasteiger charge is 2.41. The van der Waals surface area contributed by atoms with Crippen LogP contribution in [0.4, 0.5) is 4.39 Å². The van der Waals surface area contributed by atoms with Gasteiger partial charge in [-0.1, -0.05) is 23.9 Å². The van der Waals surface area contributed by atoms with Crippen LogP contribution in [0, 0.1) is 5.82 Å². The van der Waals surface area contributed by atoms with Gasteiger partial charge in [-0.2, -0.15) is 0 Å². The Labute approximate surface area is 190 Å². The number of methoxy groups -OCH3 is 1. The minimum Gasteiger partial charge on any atom is -0.460 e. The van der Waals surface area contributed by atoms with Crippen LogP contribution in [0.25, 0.3) is 0 Å². The van der Waals surface area contributed by atoms with Gasteiger partial charge in [0.2, 0.25) is 5.91 Å². The normalized spacial score (nSPS) is 20.3. The average molecular weight is 460 g/mol. The molecule has 1 amide bonds. The van der Waals surface area contributed by atoms with Crippen LogP contribution in [0.5, 0.6) is 0 Å². The molecule has 0 aliphatic carbocycles. The number of fused-ring (bicyclic) bond motifs is 1. The van der Waals surface area contributed by atoms with E-state index in [1.165, 1.54) is 31.0 Å². The molecule has 7 nitrogen and oxygen atoms in total. The summed E-state index contributed by atoms with van der Waals surface area (Å²) in [7, 11) is 1.53. The van der Waals surface area contributed by atoms with E-state index in [9.17, 15) is 14.0 Å². The largest absolute Gasteiger partial charge is 0.460 e. The van der Waals surface area contributed by atoms with Gasteiger partial charge in [-0.15, -0.1) is 0 Å². The molecule has 0 saturated carbocycles. The molecule has 3 heterocycles. The zero-order chi connectivity index (χ0) is 22.7. The van der Waals surface area contributed by atoms with Crippen LogP contribution in [0.2, 0.25) is 0 Å². The predicted molar refractivity (Wildman–Crippen MR) is 120 cm³/mol. The number of benzene rings is 1. The summed E-state index contributed by atoms with van der Waals surface area (Å²) < 4.78 is 24.6. The third-order valence-electron chi connectivity index (χ3n) is 5.70. The first kappa shape index (κ1) is 22.5. The zero-order valence-corrected chi connectivity index (χ0v) is 19.0. The maximum atomic E-state index is 14.2. The zero-order valence-electron chi connectivity index (χ0n) is 18.2. The van der Waals surface area contributed by atoms with Crippen LogP contribution < -0.4 is 0 Å². The minimum absolute atomic E-state index is 0.0455. The standard InChI is InChI=1S/C23H26FN3O4S/c1-15-20(22(29)31-11-10-30-2)21(16-6-5-7-17(24)12-16)27-18(14-32-23(27)25-15)13-19(28)26-8-3-4-9-26/h5-7,12,14,21H,3-4,8-11,13H2,1-2H3/t21-/m0/s1. The molecule has 3 aliphatic heterocycles. The molecule has 0 bridgehead atoms. The number of allylic oxidation sites excluding steroid dienone is 1. The molecule has 170 valence electrons. The Morgan fingerprint density at radius 3 is 2.75 bits per heavy atom. The van der Waals surface area contributed by atoms with Crippen LogP contribution >= 0.6 is 11.8 Å². The second-order valence-electron chi connectivity index (χ2n) is 7.84. The van der Waals surface area contributed by atoms with Gasteiger partial charge in [0.1, 0.15) is 12.4 Å². The lowest BCUT2D eigenvalue weighted by Crippen LogP contribution is -2.38. The van der Waals surface area contributed by atoms with Gasteiger partial charge in [-0.3, -0.25) is 4.79 Å². The fraction of sp³-hybridized carbons (Fsp3) is 0.435. The molecule has 0 N–H and O–H groups in total. The Bertz CT molecular complexity index is 1000. The van der Waals surface area contributed by atoms with Gasteiger partial charge in [0.15, 0.2) is 5.17 Å². The molecule has 0 unspecified atom stereocenters. The number of carbonyl (C=O) groups is 2. The Kier molecular flexibility index (Phi) is 6.95. The summed E-state index contributed by atoms with van der Waals surface area (Å²) >= 11 is 1.40. The van der Waals surface area contributed by atoms with Crippen molar-refractivity contribution in [2.75, 3.05) is 33.4 Å². The third kappa shape index (κ3) is 4.59. The number of rotatable bonds is 7. The monoisotopic (exact) mass is 459 g/mol. The number of halogens is 1. The number of thioether (sulfide) groups is 1. The molecule has 3 aliphatic rings. The van der Waals surface area contributed by atoms with Crippen molar-refractivity contribution in [3.8, 4) is 0 Å². The van der Waals surface area contributed by atoms with Crippen molar-refractivity contribution >= 4 is 28.8 Å². The molecular formula is C23H26FN3O4S. The van der Waals surface area contributed by atoms with Crippen molar-refractivity contribution in [2.45, 2.75) is 32.2 Å². The van der Waals surface area contributed by atoms with Crippen LogP contribution in [0.1, 0.15) is 37.8 Å². The van der Waals surface area contributed by atoms with Gasteiger partial charge >= 0.3 is 5.97 Å². The SMILES string of the molecule is COCCOC(=O)C1=C(C)N=C2SC=C(CC(=O)N3CCCC3)N2[C@H]1c1cccc(F)c1. The first-order valence-electron chi connectivity index (χ1n) is 10.6. The molecule has 1 saturated heterocycles. The lowest BCUT2D eigenvalue weighted by atomic mass is 9.93. The molecule has 1 atom stereocenters. The van der Waals surface area contributed by atoms with Crippen molar-refractivity contribution < 1.29 is 23.5 Å². The van der Waals surface area contributed by atoms with E-state index in [4.69, 9.17) is 9.47 Å². The quantitative estimate of drug-likeness (QED) is 0.458. The number of carbonyl (C=O) groups excluding carboxylic acids is 2. The average Bonchev–Trinajstić information content (AvgIpc) is 3.43. The highest BCUT2D eigenvalue weighted by molar-refractivity contribution is 8.16. The highest BCUT2D eigenvalue weighted by atomic mass is 32.2. The topological polar surface area (TPSA) is 71.4 Å². The van der Waals surface area contributed by atoms with Crippen molar-refractivity contribution in [1.82, 2.24) is 9.80 Å². The summed E-state index contributed by atoms with van der Waals surface area (Å²) in [6.45, 7) is 3.65. The van der Waals surface area contributed by atoms with Crippen LogP contribution in [-0.4, -0.2) is 60.3 Å². The van der Waals surface area contributed by atoms with Crippen LogP contribution in [-0.2, 0) is 19.1 Å². The Hall–Kier alpha value is -2.65. The fourth-order valence-corrected chi connectivity index (χ4v) is 5.12. The van der Waals surface area contributed by atoms with Gasteiger partial charge in [-0.25, -0.2) is 14.2 Å². The minimum atomic E-state index is -0.638. The summed E-state index contributed by atoms with van der Waals surface area (Å²) in [5, 5.41) is 2.56. The summed E-state index contributed by atoms with van der Waals surface area (Å²) in [6, 6.07) is 5.52. The smallest absolute Gasteiger partial charge is 0.338 e. The van der Waals surface area contributed by atoms with Gasteiger partial charge in [0.25, 0.3) is 0 Å². The number of hydrogen-bond acceptors (Lipinski definition) is 7. The van der Waals surface area contributed by atoms with Crippen molar-refractivity contribution in [3.05, 3.63) is 58.0 Å². The van der Waals surface area contributed by atoms with E-state index < -0.39 is 17.8 Å². The first-order chi connectivity index (χ1) is 15.5. The van der Waals surface area contributed by atoms with Gasteiger partial charge in [-0.05, 0) is 42.9 Å². The van der Waals surface area contributed by atoms with E-state index in [0.717, 1.165) is 31.6 Å². The lowest BCUT2D eigenvalue weighted by molar-refractivity contribution is -0.141. The van der Waals surface area contributed by atoms with E-state index in [1.807, 2.05) is 15.2 Å². The number of amidine groups is 1. The number of hydrogen-bond donors (Lipinski definition) is 0. The highest BCUT2D eigenvalue weighted by Crippen LogP contribution is 2.45. The number of nitrogens with zero attached hydrogens (tertiary/aromatic N) is 3. The predicted octanol–water partition coefficient (Wildman–Crippen LogP) is 3.60. The number of amides is 1. The number of ether oxygens (including phenoxy) is 2. The van der Waals surface area contributed by atoms with E-state index >= 15 is 0 Å². The van der Waals surface area contributed by atoms with Crippen molar-refractivity contribution in [3.63, 3.8) is 0 Å². The molecule has 0 aromatic heterocycles. The summed E-state index contributed by atoms with van der Waals surface area (Å²) in [6.07, 6.45) is 2.23. The first-order valence-corrected chi connectivity index (χ1v) is 11.5. The molecule has 1 aromatic carbocycles. The Morgan fingerprint density at radius 1 is 1.25 bits per heavy atom. The van der Waals surface area contributed by atoms with Crippen molar-refractivity contribution in [2.24, 2.45) is 4.99 Å². The van der Waals surface area contributed by atoms with E-state index in [2.05, 4.69) is 4.99 Å². The number of likely N-dealkylation sites (tertiary alicyclic amines) is 1. The van der Waals surface area contributed by atoms with Gasteiger partial charge in [0, 0.05) is 25.9 Å². The fourth-order valence-electron chi connectivity index (χ4n) is 4.15. The Morgan fingerprint density at radius 2 is 2.03 bits per heavy atom. The molecule has 1 fully saturated rings. The summed E-state index contributed by atoms with van der Waals surface area (Å²) in [4.78, 5) is 34.3. The molecule has 0 spiro atoms. The van der Waals surface area contributed by atoms with Crippen LogP contribution in [0.3, 0.4) is 0 Å². The van der Waals surface area contributed by atoms with E-state index in [0.29, 0.717) is 22.0 Å². The second kappa shape index (κ2) is 9.87. The maximum Gasteiger partial charge on any atom is 0.338 e. The lowest BCUT2D eigenvalue weighted by Gasteiger charge is -2.36. The molecule has 0 radical (unpaired) electrons. The molecule has 9 heteroatoms. The van der Waals surface area contributed by atoms with Crippen molar-refractivity contribution in [1.29, 1.82) is 0 Å². The Balaban J connectivity index is 1.68. The second-order valence-corrected chi connectivity index (χ2v) is 8.68. The number of esters is 1. The maximum absolute atomic E-state index is 14.2. The summed E-state index contributed by atoms with van der Waals surface area (Å²) in [5.41, 5.74) is 2.19. The third-order valence-corrected chi connectivity index (χ3v) is 6.59. The molecule has 1 aromatic rings. The molecule has 32 heavy (non-hydrogen) atoms. The molecule has 4 rings (SSSR count). The van der Waals surface area contributed by atoms with Crippen LogP contribution in [0.15, 0.2) is 51.6 Å². The molecular weight excluding hydrogens is 433 g/mol. The summed E-state index contributed by atoms with van der Waals surface area (Å²) in [5.74, 6) is -0.885. The van der Waals surface area contributed by atoms with Gasteiger partial charge in [0.05, 0.1) is 30.3 Å². The number of aliphatic imine (C=N–C) groups is 1. The van der Waals surface area contributed by atoms with E-state index in [-0.39, 0.29) is 25.5 Å². The van der Waals surface area contributed by atoms with E-state index in [1.54, 1.807) is 19.1 Å².